The van der Waals surface area contributed by atoms with Crippen LogP contribution in [0.5, 0.6) is 0 Å². The first-order chi connectivity index (χ1) is 28.3. The Balaban J connectivity index is 1.17. The minimum Gasteiger partial charge on any atom is -0.362 e. The Morgan fingerprint density at radius 1 is 0.379 bits per heavy atom. The number of hydrogen-bond donors (Lipinski definition) is 3. The van der Waals surface area contributed by atoms with E-state index in [-0.39, 0.29) is 17.3 Å². The number of anilines is 6. The molecule has 0 saturated carbocycles. The van der Waals surface area contributed by atoms with Crippen LogP contribution in [0.2, 0.25) is 0 Å². The van der Waals surface area contributed by atoms with E-state index in [0.29, 0.717) is 33.4 Å². The predicted molar refractivity (Wildman–Crippen MR) is 226 cm³/mol. The SMILES string of the molecule is N#Cc1ccc(C(=O)/C=C\Nc2ccc(N(c3ccc(N/C=C\C(=O)c4ccc(C#N)cc4)cc3)c3ccc(N/C=C\C(=O)c4ccc(C#N)cc4)cc3)cc2)cc1. The van der Waals surface area contributed by atoms with Gasteiger partial charge < -0.3 is 20.9 Å². The lowest BCUT2D eigenvalue weighted by Gasteiger charge is -2.26. The summed E-state index contributed by atoms with van der Waals surface area (Å²) < 4.78 is 0. The summed E-state index contributed by atoms with van der Waals surface area (Å²) in [4.78, 5) is 39.8. The van der Waals surface area contributed by atoms with Gasteiger partial charge in [0.1, 0.15) is 0 Å². The first-order valence-corrected chi connectivity index (χ1v) is 17.9. The topological polar surface area (TPSA) is 162 Å². The Morgan fingerprint density at radius 2 is 0.621 bits per heavy atom. The van der Waals surface area contributed by atoms with Crippen molar-refractivity contribution in [1.29, 1.82) is 15.8 Å². The van der Waals surface area contributed by atoms with Crippen LogP contribution in [0.3, 0.4) is 0 Å². The molecule has 0 fully saturated rings. The van der Waals surface area contributed by atoms with Crippen LogP contribution in [-0.4, -0.2) is 17.3 Å². The van der Waals surface area contributed by atoms with Crippen molar-refractivity contribution in [3.8, 4) is 18.2 Å². The van der Waals surface area contributed by atoms with E-state index in [4.69, 9.17) is 15.8 Å². The normalized spacial score (nSPS) is 10.7. The molecule has 6 rings (SSSR count). The summed E-state index contributed by atoms with van der Waals surface area (Å²) in [6, 6.07) is 48.6. The standard InChI is InChI=1S/C48H33N7O3/c49-31-34-1-7-37(8-2-34)46(56)25-28-52-40-13-19-43(20-14-40)55(44-21-15-41(16-22-44)53-29-26-47(57)38-9-3-35(32-50)4-10-38)45-23-17-42(18-24-45)54-30-27-48(58)39-11-5-36(33-51)6-12-39/h1-30,52-54H/b28-25-,29-26-,30-27-. The average Bonchev–Trinajstić information content (AvgIpc) is 3.28. The molecule has 0 saturated heterocycles. The fourth-order valence-electron chi connectivity index (χ4n) is 5.62. The second-order valence-electron chi connectivity index (χ2n) is 12.6. The summed E-state index contributed by atoms with van der Waals surface area (Å²) in [7, 11) is 0. The van der Waals surface area contributed by atoms with Gasteiger partial charge in [0, 0.05) is 87.6 Å². The number of rotatable bonds is 15. The van der Waals surface area contributed by atoms with Crippen LogP contribution in [0.4, 0.5) is 34.1 Å². The molecule has 6 aromatic rings. The maximum absolute atomic E-state index is 12.6. The van der Waals surface area contributed by atoms with Crippen molar-refractivity contribution >= 4 is 51.5 Å². The van der Waals surface area contributed by atoms with Crippen LogP contribution >= 0.6 is 0 Å². The van der Waals surface area contributed by atoms with Crippen molar-refractivity contribution in [3.05, 3.63) is 216 Å². The van der Waals surface area contributed by atoms with Crippen molar-refractivity contribution in [2.45, 2.75) is 0 Å². The van der Waals surface area contributed by atoms with Gasteiger partial charge in [-0.15, -0.1) is 0 Å². The van der Waals surface area contributed by atoms with Gasteiger partial charge in [0.05, 0.1) is 34.9 Å². The van der Waals surface area contributed by atoms with Crippen molar-refractivity contribution in [2.24, 2.45) is 0 Å². The number of carbonyl (C=O) groups is 3. The summed E-state index contributed by atoms with van der Waals surface area (Å²) in [6.07, 6.45) is 9.02. The molecule has 0 aliphatic heterocycles. The molecule has 0 radical (unpaired) electrons. The van der Waals surface area contributed by atoms with Gasteiger partial charge in [0.15, 0.2) is 17.3 Å². The van der Waals surface area contributed by atoms with Crippen LogP contribution in [-0.2, 0) is 0 Å². The Bertz CT molecular complexity index is 2330. The van der Waals surface area contributed by atoms with E-state index >= 15 is 0 Å². The summed E-state index contributed by atoms with van der Waals surface area (Å²) in [5, 5.41) is 36.4. The molecule has 278 valence electrons. The molecule has 0 aromatic heterocycles. The molecule has 0 atom stereocenters. The van der Waals surface area contributed by atoms with E-state index in [1.54, 1.807) is 91.4 Å². The average molecular weight is 756 g/mol. The highest BCUT2D eigenvalue weighted by Crippen LogP contribution is 2.36. The predicted octanol–water partition coefficient (Wildman–Crippen LogP) is 10.2. The van der Waals surface area contributed by atoms with E-state index in [9.17, 15) is 14.4 Å². The monoisotopic (exact) mass is 755 g/mol. The van der Waals surface area contributed by atoms with E-state index < -0.39 is 0 Å². The second kappa shape index (κ2) is 19.0. The van der Waals surface area contributed by atoms with Crippen LogP contribution in [0.1, 0.15) is 47.8 Å². The van der Waals surface area contributed by atoms with Crippen molar-refractivity contribution in [2.75, 3.05) is 20.9 Å². The quantitative estimate of drug-likeness (QED) is 0.0679. The lowest BCUT2D eigenvalue weighted by Crippen LogP contribution is -2.10. The van der Waals surface area contributed by atoms with Gasteiger partial charge in [-0.25, -0.2) is 0 Å². The minimum absolute atomic E-state index is 0.197. The van der Waals surface area contributed by atoms with Gasteiger partial charge in [-0.2, -0.15) is 15.8 Å². The summed E-state index contributed by atoms with van der Waals surface area (Å²) >= 11 is 0. The van der Waals surface area contributed by atoms with Gasteiger partial charge in [-0.05, 0) is 146 Å². The lowest BCUT2D eigenvalue weighted by molar-refractivity contribution is 0.103. The fraction of sp³-hybridized carbons (Fsp3) is 0. The first kappa shape index (κ1) is 38.9. The van der Waals surface area contributed by atoms with Crippen LogP contribution in [0.15, 0.2) is 182 Å². The molecular weight excluding hydrogens is 723 g/mol. The van der Waals surface area contributed by atoms with Crippen molar-refractivity contribution in [1.82, 2.24) is 0 Å². The number of carbonyl (C=O) groups excluding carboxylic acids is 3. The minimum atomic E-state index is -0.197. The Kier molecular flexibility index (Phi) is 12.8. The molecule has 10 nitrogen and oxygen atoms in total. The molecule has 6 aromatic carbocycles. The number of nitriles is 3. The van der Waals surface area contributed by atoms with Crippen molar-refractivity contribution < 1.29 is 14.4 Å². The summed E-state index contributed by atoms with van der Waals surface area (Å²) in [6.45, 7) is 0. The van der Waals surface area contributed by atoms with E-state index in [0.717, 1.165) is 34.1 Å². The molecule has 0 heterocycles. The smallest absolute Gasteiger partial charge is 0.187 e. The number of hydrogen-bond acceptors (Lipinski definition) is 10. The highest BCUT2D eigenvalue weighted by Gasteiger charge is 2.13. The lowest BCUT2D eigenvalue weighted by atomic mass is 10.1. The summed E-state index contributed by atoms with van der Waals surface area (Å²) in [5.41, 5.74) is 7.72. The third-order valence-electron chi connectivity index (χ3n) is 8.73. The number of allylic oxidation sites excluding steroid dienone is 3. The maximum Gasteiger partial charge on any atom is 0.187 e. The van der Waals surface area contributed by atoms with Gasteiger partial charge in [-0.3, -0.25) is 14.4 Å². The van der Waals surface area contributed by atoms with Crippen LogP contribution in [0, 0.1) is 34.0 Å². The molecule has 0 bridgehead atoms. The maximum atomic E-state index is 12.6. The molecule has 0 aliphatic carbocycles. The van der Waals surface area contributed by atoms with Gasteiger partial charge in [-0.1, -0.05) is 0 Å². The van der Waals surface area contributed by atoms with Crippen LogP contribution < -0.4 is 20.9 Å². The highest BCUT2D eigenvalue weighted by molar-refractivity contribution is 6.05. The number of nitrogens with zero attached hydrogens (tertiary/aromatic N) is 4. The van der Waals surface area contributed by atoms with Crippen molar-refractivity contribution in [3.63, 3.8) is 0 Å². The first-order valence-electron chi connectivity index (χ1n) is 17.9. The Hall–Kier alpha value is -8.78. The third kappa shape index (κ3) is 10.2. The van der Waals surface area contributed by atoms with E-state index in [1.165, 1.54) is 18.2 Å². The zero-order valence-electron chi connectivity index (χ0n) is 30.8. The molecule has 0 unspecified atom stereocenters. The molecule has 3 N–H and O–H groups in total. The highest BCUT2D eigenvalue weighted by atomic mass is 16.1. The van der Waals surface area contributed by atoms with E-state index in [1.807, 2.05) is 91.0 Å². The molecule has 0 aliphatic rings. The molecule has 58 heavy (non-hydrogen) atoms. The van der Waals surface area contributed by atoms with E-state index in [2.05, 4.69) is 20.9 Å². The summed E-state index contributed by atoms with van der Waals surface area (Å²) in [5.74, 6) is -0.590. The van der Waals surface area contributed by atoms with Gasteiger partial charge in [0.25, 0.3) is 0 Å². The van der Waals surface area contributed by atoms with Crippen LogP contribution in [0.25, 0.3) is 0 Å². The third-order valence-corrected chi connectivity index (χ3v) is 8.73. The Morgan fingerprint density at radius 3 is 0.845 bits per heavy atom. The number of nitrogens with one attached hydrogen (secondary N) is 3. The number of benzene rings is 6. The zero-order valence-corrected chi connectivity index (χ0v) is 30.8. The molecule has 0 spiro atoms. The van der Waals surface area contributed by atoms with Gasteiger partial charge >= 0.3 is 0 Å². The molecule has 10 heteroatoms. The van der Waals surface area contributed by atoms with Gasteiger partial charge in [0.2, 0.25) is 0 Å². The number of ketones is 3. The largest absolute Gasteiger partial charge is 0.362 e. The fourth-order valence-corrected chi connectivity index (χ4v) is 5.62. The molecular formula is C48H33N7O3. The second-order valence-corrected chi connectivity index (χ2v) is 12.6. The zero-order chi connectivity index (χ0) is 40.7. The molecule has 0 amide bonds. The Labute approximate surface area is 335 Å².